The highest BCUT2D eigenvalue weighted by molar-refractivity contribution is 6.34. The summed E-state index contributed by atoms with van der Waals surface area (Å²) < 4.78 is 0. The lowest BCUT2D eigenvalue weighted by Crippen LogP contribution is -2.55. The summed E-state index contributed by atoms with van der Waals surface area (Å²) in [5, 5.41) is 16.1. The number of hydrogen-bond acceptors (Lipinski definition) is 7. The van der Waals surface area contributed by atoms with Crippen molar-refractivity contribution in [2.75, 3.05) is 25.0 Å². The second-order valence-electron chi connectivity index (χ2n) is 9.99. The Kier molecular flexibility index (Phi) is 6.04. The van der Waals surface area contributed by atoms with Gasteiger partial charge in [0.15, 0.2) is 5.65 Å². The lowest BCUT2D eigenvalue weighted by molar-refractivity contribution is -0.140. The number of aromatic nitrogens is 3. The molecular weight excluding hydrogens is 510 g/mol. The summed E-state index contributed by atoms with van der Waals surface area (Å²) in [5.41, 5.74) is 8.45. The number of H-pyrrole nitrogens is 1. The molecule has 2 fully saturated rings. The monoisotopic (exact) mass is 535 g/mol. The zero-order valence-electron chi connectivity index (χ0n) is 20.2. The van der Waals surface area contributed by atoms with E-state index in [9.17, 15) is 19.5 Å². The first-order chi connectivity index (χ1) is 18.3. The van der Waals surface area contributed by atoms with Crippen LogP contribution in [0.2, 0.25) is 5.02 Å². The first-order valence-electron chi connectivity index (χ1n) is 12.4. The number of rotatable bonds is 6. The summed E-state index contributed by atoms with van der Waals surface area (Å²) >= 11 is 6.55. The van der Waals surface area contributed by atoms with Crippen LogP contribution in [-0.4, -0.2) is 74.5 Å². The molecule has 2 aromatic heterocycles. The third-order valence-electron chi connectivity index (χ3n) is 7.72. The molecule has 38 heavy (non-hydrogen) atoms. The smallest absolute Gasteiger partial charge is 0.322 e. The lowest BCUT2D eigenvalue weighted by Gasteiger charge is -2.31. The number of hydrogen-bond donors (Lipinski definition) is 5. The number of carboxylic acids is 1. The van der Waals surface area contributed by atoms with E-state index < -0.39 is 12.0 Å². The number of carbonyl (C=O) groups excluding carboxylic acids is 2. The van der Waals surface area contributed by atoms with Crippen LogP contribution in [0.5, 0.6) is 0 Å². The third-order valence-corrected chi connectivity index (χ3v) is 8.00. The zero-order chi connectivity index (χ0) is 26.6. The molecule has 1 aromatic carbocycles. The molecule has 0 spiro atoms. The van der Waals surface area contributed by atoms with Gasteiger partial charge in [-0.3, -0.25) is 14.4 Å². The number of amides is 2. The fourth-order valence-corrected chi connectivity index (χ4v) is 6.06. The molecule has 3 aliphatic rings. The summed E-state index contributed by atoms with van der Waals surface area (Å²) in [7, 11) is 0. The maximum Gasteiger partial charge on any atom is 0.322 e. The second kappa shape index (κ2) is 9.41. The van der Waals surface area contributed by atoms with Crippen molar-refractivity contribution in [3.05, 3.63) is 53.2 Å². The van der Waals surface area contributed by atoms with Crippen molar-refractivity contribution in [3.63, 3.8) is 0 Å². The molecule has 1 saturated carbocycles. The van der Waals surface area contributed by atoms with Crippen molar-refractivity contribution in [2.24, 2.45) is 23.5 Å². The van der Waals surface area contributed by atoms with E-state index in [0.29, 0.717) is 51.9 Å². The topological polar surface area (TPSA) is 166 Å². The van der Waals surface area contributed by atoms with Crippen molar-refractivity contribution in [3.8, 4) is 11.4 Å². The zero-order valence-corrected chi connectivity index (χ0v) is 21.0. The lowest BCUT2D eigenvalue weighted by atomic mass is 9.88. The van der Waals surface area contributed by atoms with Gasteiger partial charge in [-0.05, 0) is 30.4 Å². The Labute approximate surface area is 222 Å². The van der Waals surface area contributed by atoms with E-state index in [1.165, 1.54) is 11.1 Å². The molecule has 3 heterocycles. The van der Waals surface area contributed by atoms with Crippen molar-refractivity contribution < 1.29 is 19.5 Å². The maximum atomic E-state index is 13.2. The number of primary amides is 1. The molecule has 2 bridgehead atoms. The Morgan fingerprint density at radius 1 is 1.21 bits per heavy atom. The van der Waals surface area contributed by atoms with Crippen LogP contribution in [0.4, 0.5) is 5.69 Å². The van der Waals surface area contributed by atoms with E-state index in [-0.39, 0.29) is 42.2 Å². The van der Waals surface area contributed by atoms with Crippen LogP contribution in [0.3, 0.4) is 0 Å². The van der Waals surface area contributed by atoms with Crippen LogP contribution in [0.1, 0.15) is 16.8 Å². The predicted octanol–water partition coefficient (Wildman–Crippen LogP) is 1.86. The number of carbonyl (C=O) groups is 3. The average molecular weight is 536 g/mol. The molecule has 5 unspecified atom stereocenters. The summed E-state index contributed by atoms with van der Waals surface area (Å²) in [4.78, 5) is 50.5. The molecule has 2 amide bonds. The van der Waals surface area contributed by atoms with Crippen LogP contribution in [0.15, 0.2) is 42.6 Å². The Morgan fingerprint density at radius 2 is 2.03 bits per heavy atom. The van der Waals surface area contributed by atoms with Crippen LogP contribution in [-0.2, 0) is 9.59 Å². The van der Waals surface area contributed by atoms with Gasteiger partial charge in [0, 0.05) is 36.8 Å². The van der Waals surface area contributed by atoms with Crippen LogP contribution < -0.4 is 16.4 Å². The molecule has 196 valence electrons. The molecule has 6 N–H and O–H groups in total. The Bertz CT molecular complexity index is 1490. The quantitative estimate of drug-likeness (QED) is 0.298. The minimum absolute atomic E-state index is 0.0883. The van der Waals surface area contributed by atoms with Gasteiger partial charge in [-0.1, -0.05) is 35.9 Å². The molecule has 12 heteroatoms. The average Bonchev–Trinajstić information content (AvgIpc) is 3.65. The number of halogens is 1. The van der Waals surface area contributed by atoms with Crippen LogP contribution in [0, 0.1) is 17.8 Å². The largest absolute Gasteiger partial charge is 0.480 e. The van der Waals surface area contributed by atoms with Gasteiger partial charge in [-0.2, -0.15) is 0 Å². The van der Waals surface area contributed by atoms with Gasteiger partial charge in [0.25, 0.3) is 5.91 Å². The van der Waals surface area contributed by atoms with E-state index in [4.69, 9.17) is 17.3 Å². The highest BCUT2D eigenvalue weighted by Gasteiger charge is 2.47. The second-order valence-corrected chi connectivity index (χ2v) is 10.4. The molecule has 3 aromatic rings. The van der Waals surface area contributed by atoms with Gasteiger partial charge in [-0.25, -0.2) is 9.97 Å². The highest BCUT2D eigenvalue weighted by atomic mass is 35.5. The number of fused-ring (bicyclic) bond motifs is 3. The van der Waals surface area contributed by atoms with Crippen molar-refractivity contribution in [1.82, 2.24) is 25.2 Å². The first kappa shape index (κ1) is 24.4. The number of nitrogens with zero attached hydrogens (tertiary/aromatic N) is 3. The van der Waals surface area contributed by atoms with E-state index in [1.807, 2.05) is 6.07 Å². The number of aromatic amines is 1. The molecule has 2 aliphatic carbocycles. The first-order valence-corrected chi connectivity index (χ1v) is 12.8. The fraction of sp³-hybridized carbons (Fsp3) is 0.346. The van der Waals surface area contributed by atoms with Gasteiger partial charge < -0.3 is 31.4 Å². The number of pyridine rings is 1. The Morgan fingerprint density at radius 3 is 2.82 bits per heavy atom. The van der Waals surface area contributed by atoms with Crippen molar-refractivity contribution in [2.45, 2.75) is 18.5 Å². The van der Waals surface area contributed by atoms with Gasteiger partial charge >= 0.3 is 5.97 Å². The number of nitrogens with two attached hydrogens (primary N) is 1. The minimum Gasteiger partial charge on any atom is -0.480 e. The van der Waals surface area contributed by atoms with Crippen LogP contribution >= 0.6 is 11.6 Å². The van der Waals surface area contributed by atoms with Crippen molar-refractivity contribution >= 4 is 46.2 Å². The third kappa shape index (κ3) is 4.17. The summed E-state index contributed by atoms with van der Waals surface area (Å²) in [5.74, 6) is -1.13. The molecule has 6 rings (SSSR count). The van der Waals surface area contributed by atoms with Gasteiger partial charge in [-0.15, -0.1) is 0 Å². The normalized spacial score (nSPS) is 26.1. The maximum absolute atomic E-state index is 13.2. The number of aliphatic carboxylic acids is 1. The fourth-order valence-electron chi connectivity index (χ4n) is 5.87. The molecular formula is C26H26ClN7O4. The Hall–Kier alpha value is -3.96. The number of carboxylic acid groups (broad SMARTS) is 1. The summed E-state index contributed by atoms with van der Waals surface area (Å²) in [6.45, 7) is 0.910. The standard InChI is InChI=1S/C26H26ClN7O4/c27-16-10-30-24-21(20(16)31-19-13-5-4-12(8-13)18(19)22(28)35)32-23(33-24)14-2-1-3-15(9-14)25(36)34-7-6-29-17(11-34)26(37)38/h1-5,9-10,12-13,17-19,29H,6-8,11H2,(H2,28,35)(H,37,38)(H2,30,31,32,33). The van der Waals surface area contributed by atoms with E-state index in [2.05, 4.69) is 37.7 Å². The van der Waals surface area contributed by atoms with Gasteiger partial charge in [0.2, 0.25) is 5.91 Å². The van der Waals surface area contributed by atoms with Gasteiger partial charge in [0.1, 0.15) is 17.4 Å². The molecule has 5 atom stereocenters. The van der Waals surface area contributed by atoms with E-state index >= 15 is 0 Å². The SMILES string of the molecule is NC(=O)C1C2C=CC(C2)C1Nc1c(Cl)cnc2nc(-c3cccc(C(=O)N4CCNC(C(=O)O)C4)c3)[nH]c12. The molecule has 1 saturated heterocycles. The van der Waals surface area contributed by atoms with E-state index in [0.717, 1.165) is 6.42 Å². The summed E-state index contributed by atoms with van der Waals surface area (Å²) in [6.07, 6.45) is 6.56. The summed E-state index contributed by atoms with van der Waals surface area (Å²) in [6, 6.07) is 6.01. The van der Waals surface area contributed by atoms with Gasteiger partial charge in [0.05, 0.1) is 22.8 Å². The number of anilines is 1. The van der Waals surface area contributed by atoms with Crippen molar-refractivity contribution in [1.29, 1.82) is 0 Å². The van der Waals surface area contributed by atoms with E-state index in [1.54, 1.807) is 18.2 Å². The predicted molar refractivity (Wildman–Crippen MR) is 140 cm³/mol. The molecule has 11 nitrogen and oxygen atoms in total. The number of benzene rings is 1. The number of piperazine rings is 1. The van der Waals surface area contributed by atoms with Crippen LogP contribution in [0.25, 0.3) is 22.6 Å². The number of imidazole rings is 1. The molecule has 0 radical (unpaired) electrons. The number of allylic oxidation sites excluding steroid dienone is 1. The Balaban J connectivity index is 1.30. The minimum atomic E-state index is -0.988. The molecule has 1 aliphatic heterocycles. The highest BCUT2D eigenvalue weighted by Crippen LogP contribution is 2.46. The number of nitrogens with one attached hydrogen (secondary N) is 3.